The summed E-state index contributed by atoms with van der Waals surface area (Å²) in [6, 6.07) is 13.8. The number of rotatable bonds is 5. The molecule has 0 spiro atoms. The van der Waals surface area contributed by atoms with Crippen LogP contribution in [-0.2, 0) is 11.3 Å². The summed E-state index contributed by atoms with van der Waals surface area (Å²) in [4.78, 5) is 26.9. The first-order valence-corrected chi connectivity index (χ1v) is 8.47. The predicted octanol–water partition coefficient (Wildman–Crippen LogP) is 2.70. The molecule has 1 fully saturated rings. The second-order valence-corrected chi connectivity index (χ2v) is 6.20. The first kappa shape index (κ1) is 17.9. The van der Waals surface area contributed by atoms with Crippen molar-refractivity contribution < 1.29 is 14.5 Å². The fraction of sp³-hybridized carbons (Fsp3) is 0.316. The molecule has 1 saturated heterocycles. The Morgan fingerprint density at radius 2 is 1.92 bits per heavy atom. The average molecular weight is 355 g/mol. The molecule has 0 aromatic heterocycles. The predicted molar refractivity (Wildman–Crippen MR) is 98.4 cm³/mol. The molecule has 136 valence electrons. The molecular weight excluding hydrogens is 334 g/mol. The standard InChI is InChI=1S/C19H21N3O4/c1-20(19(23)15-6-4-7-17(13-15)22(24)25)14-16-5-2-3-8-18(16)21-9-11-26-12-10-21/h2-8,13H,9-12,14H2,1H3. The maximum absolute atomic E-state index is 12.7. The van der Waals surface area contributed by atoms with Crippen LogP contribution in [0, 0.1) is 10.1 Å². The summed E-state index contributed by atoms with van der Waals surface area (Å²) in [6.07, 6.45) is 0. The Labute approximate surface area is 151 Å². The molecule has 3 rings (SSSR count). The van der Waals surface area contributed by atoms with E-state index in [2.05, 4.69) is 4.90 Å². The van der Waals surface area contributed by atoms with E-state index in [4.69, 9.17) is 4.74 Å². The van der Waals surface area contributed by atoms with Crippen molar-refractivity contribution in [1.29, 1.82) is 0 Å². The molecule has 0 saturated carbocycles. The second-order valence-electron chi connectivity index (χ2n) is 6.20. The highest BCUT2D eigenvalue weighted by molar-refractivity contribution is 5.94. The monoisotopic (exact) mass is 355 g/mol. The molecule has 0 unspecified atom stereocenters. The number of non-ortho nitro benzene ring substituents is 1. The Bertz CT molecular complexity index is 803. The molecule has 1 aliphatic rings. The number of para-hydroxylation sites is 1. The van der Waals surface area contributed by atoms with Crippen LogP contribution in [0.3, 0.4) is 0 Å². The minimum absolute atomic E-state index is 0.0852. The number of morpholine rings is 1. The Balaban J connectivity index is 1.77. The van der Waals surface area contributed by atoms with E-state index in [0.717, 1.165) is 24.3 Å². The zero-order valence-corrected chi connectivity index (χ0v) is 14.6. The van der Waals surface area contributed by atoms with Gasteiger partial charge >= 0.3 is 0 Å². The molecular formula is C19H21N3O4. The molecule has 0 bridgehead atoms. The number of amides is 1. The van der Waals surface area contributed by atoms with E-state index in [1.165, 1.54) is 18.2 Å². The molecule has 26 heavy (non-hydrogen) atoms. The lowest BCUT2D eigenvalue weighted by molar-refractivity contribution is -0.384. The number of anilines is 1. The number of nitrogens with zero attached hydrogens (tertiary/aromatic N) is 3. The lowest BCUT2D eigenvalue weighted by Crippen LogP contribution is -2.37. The third-order valence-corrected chi connectivity index (χ3v) is 4.40. The van der Waals surface area contributed by atoms with Crippen molar-refractivity contribution in [2.24, 2.45) is 0 Å². The van der Waals surface area contributed by atoms with Crippen molar-refractivity contribution in [2.75, 3.05) is 38.3 Å². The van der Waals surface area contributed by atoms with Gasteiger partial charge in [-0.05, 0) is 17.7 Å². The van der Waals surface area contributed by atoms with Gasteiger partial charge in [-0.1, -0.05) is 24.3 Å². The third kappa shape index (κ3) is 4.00. The van der Waals surface area contributed by atoms with Crippen LogP contribution in [0.1, 0.15) is 15.9 Å². The summed E-state index contributed by atoms with van der Waals surface area (Å²) in [5.41, 5.74) is 2.36. The number of ether oxygens (including phenoxy) is 1. The molecule has 0 N–H and O–H groups in total. The molecule has 0 radical (unpaired) electrons. The molecule has 2 aromatic carbocycles. The molecule has 0 aliphatic carbocycles. The SMILES string of the molecule is CN(Cc1ccccc1N1CCOCC1)C(=O)c1cccc([N+](=O)[O-])c1. The van der Waals surface area contributed by atoms with Gasteiger partial charge in [-0.3, -0.25) is 14.9 Å². The van der Waals surface area contributed by atoms with Crippen LogP contribution in [0.5, 0.6) is 0 Å². The summed E-state index contributed by atoms with van der Waals surface area (Å²) in [7, 11) is 1.71. The Hall–Kier alpha value is -2.93. The van der Waals surface area contributed by atoms with E-state index in [1.54, 1.807) is 18.0 Å². The maximum Gasteiger partial charge on any atom is 0.270 e. The average Bonchev–Trinajstić information content (AvgIpc) is 2.68. The van der Waals surface area contributed by atoms with Crippen LogP contribution >= 0.6 is 0 Å². The van der Waals surface area contributed by atoms with Gasteiger partial charge in [-0.15, -0.1) is 0 Å². The second kappa shape index (κ2) is 7.97. The fourth-order valence-corrected chi connectivity index (χ4v) is 3.06. The molecule has 2 aromatic rings. The Kier molecular flexibility index (Phi) is 5.48. The summed E-state index contributed by atoms with van der Waals surface area (Å²) in [5, 5.41) is 10.9. The van der Waals surface area contributed by atoms with Crippen LogP contribution in [0.15, 0.2) is 48.5 Å². The van der Waals surface area contributed by atoms with Crippen molar-refractivity contribution in [1.82, 2.24) is 4.90 Å². The highest BCUT2D eigenvalue weighted by atomic mass is 16.6. The fourth-order valence-electron chi connectivity index (χ4n) is 3.06. The number of nitro benzene ring substituents is 1. The van der Waals surface area contributed by atoms with Gasteiger partial charge in [0.2, 0.25) is 0 Å². The van der Waals surface area contributed by atoms with Crippen LogP contribution in [0.4, 0.5) is 11.4 Å². The van der Waals surface area contributed by atoms with Crippen LogP contribution in [-0.4, -0.2) is 49.1 Å². The summed E-state index contributed by atoms with van der Waals surface area (Å²) < 4.78 is 5.41. The molecule has 0 atom stereocenters. The third-order valence-electron chi connectivity index (χ3n) is 4.40. The van der Waals surface area contributed by atoms with Gasteiger partial charge in [-0.25, -0.2) is 0 Å². The Morgan fingerprint density at radius 3 is 2.65 bits per heavy atom. The largest absolute Gasteiger partial charge is 0.378 e. The molecule has 7 heteroatoms. The zero-order valence-electron chi connectivity index (χ0n) is 14.6. The smallest absolute Gasteiger partial charge is 0.270 e. The summed E-state index contributed by atoms with van der Waals surface area (Å²) in [6.45, 7) is 3.45. The topological polar surface area (TPSA) is 75.9 Å². The van der Waals surface area contributed by atoms with E-state index < -0.39 is 4.92 Å². The lowest BCUT2D eigenvalue weighted by Gasteiger charge is -2.31. The van der Waals surface area contributed by atoms with Gasteiger partial charge < -0.3 is 14.5 Å². The number of carbonyl (C=O) groups is 1. The van der Waals surface area contributed by atoms with Gasteiger partial charge in [0.15, 0.2) is 0 Å². The number of hydrogen-bond donors (Lipinski definition) is 0. The number of carbonyl (C=O) groups excluding carboxylic acids is 1. The lowest BCUT2D eigenvalue weighted by atomic mass is 10.1. The van der Waals surface area contributed by atoms with Crippen LogP contribution < -0.4 is 4.90 Å². The highest BCUT2D eigenvalue weighted by Crippen LogP contribution is 2.23. The van der Waals surface area contributed by atoms with E-state index in [0.29, 0.717) is 25.3 Å². The van der Waals surface area contributed by atoms with Gasteiger partial charge in [0, 0.05) is 50.1 Å². The van der Waals surface area contributed by atoms with Gasteiger partial charge in [0.05, 0.1) is 18.1 Å². The van der Waals surface area contributed by atoms with Gasteiger partial charge in [-0.2, -0.15) is 0 Å². The molecule has 1 aliphatic heterocycles. The first-order valence-electron chi connectivity index (χ1n) is 8.47. The van der Waals surface area contributed by atoms with Crippen LogP contribution in [0.25, 0.3) is 0 Å². The van der Waals surface area contributed by atoms with Crippen molar-refractivity contribution >= 4 is 17.3 Å². The van der Waals surface area contributed by atoms with E-state index in [9.17, 15) is 14.9 Å². The Morgan fingerprint density at radius 1 is 1.19 bits per heavy atom. The van der Waals surface area contributed by atoms with E-state index in [-0.39, 0.29) is 11.6 Å². The van der Waals surface area contributed by atoms with E-state index >= 15 is 0 Å². The van der Waals surface area contributed by atoms with Crippen molar-refractivity contribution in [2.45, 2.75) is 6.54 Å². The number of hydrogen-bond acceptors (Lipinski definition) is 5. The number of nitro groups is 1. The number of benzene rings is 2. The first-order chi connectivity index (χ1) is 12.6. The molecule has 7 nitrogen and oxygen atoms in total. The quantitative estimate of drug-likeness (QED) is 0.609. The molecule has 1 amide bonds. The van der Waals surface area contributed by atoms with Crippen LogP contribution in [0.2, 0.25) is 0 Å². The minimum atomic E-state index is -0.496. The van der Waals surface area contributed by atoms with Gasteiger partial charge in [0.25, 0.3) is 11.6 Å². The van der Waals surface area contributed by atoms with Crippen molar-refractivity contribution in [3.63, 3.8) is 0 Å². The summed E-state index contributed by atoms with van der Waals surface area (Å²) >= 11 is 0. The summed E-state index contributed by atoms with van der Waals surface area (Å²) in [5.74, 6) is -0.245. The minimum Gasteiger partial charge on any atom is -0.378 e. The molecule has 1 heterocycles. The van der Waals surface area contributed by atoms with Crippen molar-refractivity contribution in [3.8, 4) is 0 Å². The normalized spacial score (nSPS) is 14.1. The zero-order chi connectivity index (χ0) is 18.5. The highest BCUT2D eigenvalue weighted by Gasteiger charge is 2.19. The van der Waals surface area contributed by atoms with E-state index in [1.807, 2.05) is 24.3 Å². The van der Waals surface area contributed by atoms with Crippen molar-refractivity contribution in [3.05, 3.63) is 69.8 Å². The maximum atomic E-state index is 12.7. The van der Waals surface area contributed by atoms with Gasteiger partial charge in [0.1, 0.15) is 0 Å².